The number of nitrogens with zero attached hydrogens (tertiary/aromatic N) is 6. The lowest BCUT2D eigenvalue weighted by Gasteiger charge is -2.27. The molecular formula is C37H40N6O5. The summed E-state index contributed by atoms with van der Waals surface area (Å²) in [5.41, 5.74) is 2.62. The van der Waals surface area contributed by atoms with Gasteiger partial charge in [0.1, 0.15) is 22.5 Å². The first-order valence-corrected chi connectivity index (χ1v) is 16.2. The second-order valence-electron chi connectivity index (χ2n) is 12.5. The number of hydrogen-bond acceptors (Lipinski definition) is 8. The van der Waals surface area contributed by atoms with Gasteiger partial charge in [0.05, 0.1) is 23.4 Å². The van der Waals surface area contributed by atoms with Crippen molar-refractivity contribution in [2.75, 3.05) is 43.1 Å². The third-order valence-electron chi connectivity index (χ3n) is 8.86. The quantitative estimate of drug-likeness (QED) is 0.131. The Kier molecular flexibility index (Phi) is 9.40. The Morgan fingerprint density at radius 2 is 1.60 bits per heavy atom. The highest BCUT2D eigenvalue weighted by Crippen LogP contribution is 2.40. The van der Waals surface area contributed by atoms with E-state index in [0.29, 0.717) is 66.6 Å². The molecular weight excluding hydrogens is 608 g/mol. The smallest absolute Gasteiger partial charge is 0.261 e. The Morgan fingerprint density at radius 3 is 2.33 bits per heavy atom. The summed E-state index contributed by atoms with van der Waals surface area (Å²) < 4.78 is 13.9. The molecule has 0 N–H and O–H groups in total. The maximum atomic E-state index is 13.4. The van der Waals surface area contributed by atoms with Crippen LogP contribution in [-0.4, -0.2) is 64.5 Å². The number of rotatable bonds is 12. The number of benzene rings is 1. The number of carbonyl (C=O) groups excluding carboxylic acids is 2. The number of carbonyl (C=O) groups is 2. The van der Waals surface area contributed by atoms with Crippen LogP contribution >= 0.6 is 0 Å². The molecule has 1 aliphatic rings. The summed E-state index contributed by atoms with van der Waals surface area (Å²) in [5, 5.41) is 0.543. The summed E-state index contributed by atoms with van der Waals surface area (Å²) in [5.74, 6) is 0.789. The predicted molar refractivity (Wildman–Crippen MR) is 185 cm³/mol. The first-order chi connectivity index (χ1) is 23.2. The molecule has 11 heteroatoms. The first kappa shape index (κ1) is 32.6. The molecule has 0 spiro atoms. The Hall–Kier alpha value is -5.29. The van der Waals surface area contributed by atoms with Crippen molar-refractivity contribution in [3.63, 3.8) is 0 Å². The van der Waals surface area contributed by atoms with Crippen LogP contribution in [0.3, 0.4) is 0 Å². The molecule has 2 amide bonds. The van der Waals surface area contributed by atoms with Gasteiger partial charge in [0.15, 0.2) is 0 Å². The van der Waals surface area contributed by atoms with Crippen molar-refractivity contribution < 1.29 is 18.7 Å². The minimum absolute atomic E-state index is 0.0952. The summed E-state index contributed by atoms with van der Waals surface area (Å²) in [7, 11) is 1.70. The van der Waals surface area contributed by atoms with E-state index in [0.717, 1.165) is 24.1 Å². The summed E-state index contributed by atoms with van der Waals surface area (Å²) in [6.45, 7) is 8.72. The van der Waals surface area contributed by atoms with Gasteiger partial charge < -0.3 is 23.5 Å². The zero-order chi connectivity index (χ0) is 33.8. The van der Waals surface area contributed by atoms with Crippen LogP contribution in [0, 0.1) is 5.41 Å². The molecule has 0 atom stereocenters. The van der Waals surface area contributed by atoms with Crippen LogP contribution in [0.2, 0.25) is 0 Å². The van der Waals surface area contributed by atoms with Gasteiger partial charge in [0.25, 0.3) is 5.56 Å². The van der Waals surface area contributed by atoms with Gasteiger partial charge in [-0.05, 0) is 81.3 Å². The van der Waals surface area contributed by atoms with Crippen molar-refractivity contribution in [3.05, 3.63) is 101 Å². The monoisotopic (exact) mass is 648 g/mol. The second kappa shape index (κ2) is 13.8. The zero-order valence-corrected chi connectivity index (χ0v) is 27.8. The normalized spacial score (nSPS) is 14.4. The highest BCUT2D eigenvalue weighted by molar-refractivity contribution is 6.20. The highest BCUT2D eigenvalue weighted by Gasteiger charge is 2.45. The van der Waals surface area contributed by atoms with E-state index in [2.05, 4.69) is 14.9 Å². The fourth-order valence-electron chi connectivity index (χ4n) is 6.13. The molecule has 0 saturated carbocycles. The largest absolute Gasteiger partial charge is 0.493 e. The third-order valence-corrected chi connectivity index (χ3v) is 8.86. The van der Waals surface area contributed by atoms with E-state index in [1.165, 1.54) is 0 Å². The predicted octanol–water partition coefficient (Wildman–Crippen LogP) is 5.38. The van der Waals surface area contributed by atoms with Crippen LogP contribution in [-0.2, 0) is 22.7 Å². The fourth-order valence-corrected chi connectivity index (χ4v) is 6.13. The summed E-state index contributed by atoms with van der Waals surface area (Å²) in [4.78, 5) is 53.5. The summed E-state index contributed by atoms with van der Waals surface area (Å²) in [6, 6.07) is 16.9. The molecule has 5 aromatic rings. The van der Waals surface area contributed by atoms with Crippen LogP contribution in [0.15, 0.2) is 94.8 Å². The molecule has 1 aliphatic heterocycles. The van der Waals surface area contributed by atoms with E-state index in [1.807, 2.05) is 55.5 Å². The maximum absolute atomic E-state index is 13.4. The molecule has 0 radical (unpaired) electrons. The molecule has 11 nitrogen and oxygen atoms in total. The van der Waals surface area contributed by atoms with Gasteiger partial charge in [-0.3, -0.25) is 29.3 Å². The van der Waals surface area contributed by atoms with Crippen LogP contribution < -0.4 is 20.1 Å². The van der Waals surface area contributed by atoms with Gasteiger partial charge in [0.2, 0.25) is 11.8 Å². The lowest BCUT2D eigenvalue weighted by molar-refractivity contribution is -0.137. The first-order valence-electron chi connectivity index (χ1n) is 16.2. The zero-order valence-electron chi connectivity index (χ0n) is 27.8. The van der Waals surface area contributed by atoms with Crippen molar-refractivity contribution in [1.82, 2.24) is 19.4 Å². The molecule has 1 aromatic carbocycles. The lowest BCUT2D eigenvalue weighted by Crippen LogP contribution is -2.47. The topological polar surface area (TPSA) is 114 Å². The van der Waals surface area contributed by atoms with Crippen LogP contribution in [0.25, 0.3) is 22.3 Å². The van der Waals surface area contributed by atoms with E-state index in [9.17, 15) is 14.4 Å². The van der Waals surface area contributed by atoms with E-state index in [1.54, 1.807) is 72.3 Å². The van der Waals surface area contributed by atoms with Crippen molar-refractivity contribution in [1.29, 1.82) is 0 Å². The minimum atomic E-state index is -1.17. The van der Waals surface area contributed by atoms with Crippen molar-refractivity contribution in [2.45, 2.75) is 40.3 Å². The van der Waals surface area contributed by atoms with E-state index in [4.69, 9.17) is 9.15 Å². The van der Waals surface area contributed by atoms with E-state index >= 15 is 0 Å². The maximum Gasteiger partial charge on any atom is 0.261 e. The SMILES string of the molecule is CCN1C(=O)C(C)(C)C(=O)N(C)c2cc(OCCCN(CCn3ccc4oc(-c5ccncc5)cc4c3=O)Cc3ccncc3)ccc21. The minimum Gasteiger partial charge on any atom is -0.493 e. The van der Waals surface area contributed by atoms with E-state index < -0.39 is 5.41 Å². The number of pyridine rings is 3. The molecule has 0 saturated heterocycles. The van der Waals surface area contributed by atoms with Gasteiger partial charge in [0, 0.05) is 82.4 Å². The van der Waals surface area contributed by atoms with Gasteiger partial charge in [-0.2, -0.15) is 0 Å². The van der Waals surface area contributed by atoms with Gasteiger partial charge >= 0.3 is 0 Å². The molecule has 4 aromatic heterocycles. The van der Waals surface area contributed by atoms with E-state index in [-0.39, 0.29) is 17.4 Å². The molecule has 0 unspecified atom stereocenters. The Balaban J connectivity index is 1.13. The Labute approximate surface area is 279 Å². The number of hydrogen-bond donors (Lipinski definition) is 0. The highest BCUT2D eigenvalue weighted by atomic mass is 16.5. The van der Waals surface area contributed by atoms with Gasteiger partial charge in [-0.1, -0.05) is 0 Å². The standard InChI is InChI=1S/C37H40N6O5/c1-5-43-30-8-7-28(23-31(30)40(4)35(45)37(2,3)36(43)46)47-22-6-18-41(25-26-9-14-38-15-10-26)20-21-42-19-13-32-29(34(42)44)24-33(48-32)27-11-16-39-17-12-27/h7-17,19,23-24H,5-6,18,20-22,25H2,1-4H3. The molecule has 248 valence electrons. The summed E-state index contributed by atoms with van der Waals surface area (Å²) >= 11 is 0. The van der Waals surface area contributed by atoms with Crippen LogP contribution in [0.5, 0.6) is 5.75 Å². The van der Waals surface area contributed by atoms with Gasteiger partial charge in [-0.15, -0.1) is 0 Å². The van der Waals surface area contributed by atoms with Crippen molar-refractivity contribution in [2.24, 2.45) is 5.41 Å². The third kappa shape index (κ3) is 6.59. The number of aromatic nitrogens is 3. The van der Waals surface area contributed by atoms with Gasteiger partial charge in [-0.25, -0.2) is 0 Å². The molecule has 0 bridgehead atoms. The van der Waals surface area contributed by atoms with Crippen LogP contribution in [0.1, 0.15) is 32.8 Å². The molecule has 5 heterocycles. The fraction of sp³-hybridized carbons (Fsp3) is 0.324. The number of amides is 2. The lowest BCUT2D eigenvalue weighted by atomic mass is 9.90. The number of ether oxygens (including phenoxy) is 1. The molecule has 6 rings (SSSR count). The Bertz CT molecular complexity index is 1970. The number of fused-ring (bicyclic) bond motifs is 2. The molecule has 0 fully saturated rings. The second-order valence-corrected chi connectivity index (χ2v) is 12.5. The van der Waals surface area contributed by atoms with Crippen molar-refractivity contribution in [3.8, 4) is 17.1 Å². The van der Waals surface area contributed by atoms with Crippen molar-refractivity contribution >= 4 is 34.2 Å². The average Bonchev–Trinajstić information content (AvgIpc) is 3.54. The molecule has 0 aliphatic carbocycles. The number of furan rings is 1. The number of anilines is 2. The average molecular weight is 649 g/mol. The molecule has 48 heavy (non-hydrogen) atoms. The van der Waals surface area contributed by atoms with Crippen LogP contribution in [0.4, 0.5) is 11.4 Å². The summed E-state index contributed by atoms with van der Waals surface area (Å²) in [6.07, 6.45) is 9.47. The Morgan fingerprint density at radius 1 is 0.875 bits per heavy atom.